The smallest absolute Gasteiger partial charge is 0.211 e. The summed E-state index contributed by atoms with van der Waals surface area (Å²) in [5.74, 6) is 0. The third kappa shape index (κ3) is 6.54. The van der Waals surface area contributed by atoms with Gasteiger partial charge in [0.15, 0.2) is 0 Å². The van der Waals surface area contributed by atoms with E-state index >= 15 is 0 Å². The first-order valence-corrected chi connectivity index (χ1v) is 5.64. The van der Waals surface area contributed by atoms with Gasteiger partial charge in [-0.25, -0.2) is 19.6 Å². The fourth-order valence-corrected chi connectivity index (χ4v) is 1.30. The number of benzene rings is 1. The van der Waals surface area contributed by atoms with Crippen molar-refractivity contribution in [2.45, 2.75) is 27.7 Å². The molecule has 0 aliphatic heterocycles. The Balaban J connectivity index is 0.000000331. The summed E-state index contributed by atoms with van der Waals surface area (Å²) in [5, 5.41) is 0. The van der Waals surface area contributed by atoms with Crippen LogP contribution in [0.1, 0.15) is 22.3 Å². The SMILES string of the molecule is Cc1cc(C)c(C)cc1C.O=C=NCCN=C=O. The molecule has 18 heavy (non-hydrogen) atoms. The zero-order valence-electron chi connectivity index (χ0n) is 11.3. The van der Waals surface area contributed by atoms with E-state index in [1.807, 2.05) is 0 Å². The molecule has 0 saturated heterocycles. The van der Waals surface area contributed by atoms with Crippen LogP contribution in [-0.2, 0) is 9.59 Å². The number of isocyanates is 2. The lowest BCUT2D eigenvalue weighted by Gasteiger charge is -2.04. The molecule has 0 aliphatic rings. The average Bonchev–Trinajstić information content (AvgIpc) is 2.33. The maximum atomic E-state index is 9.34. The van der Waals surface area contributed by atoms with Crippen molar-refractivity contribution < 1.29 is 9.59 Å². The molecule has 4 heteroatoms. The predicted molar refractivity (Wildman–Crippen MR) is 71.4 cm³/mol. The average molecular weight is 246 g/mol. The van der Waals surface area contributed by atoms with Crippen molar-refractivity contribution in [3.63, 3.8) is 0 Å². The van der Waals surface area contributed by atoms with E-state index in [2.05, 4.69) is 49.8 Å². The van der Waals surface area contributed by atoms with Crippen molar-refractivity contribution in [2.75, 3.05) is 13.1 Å². The highest BCUT2D eigenvalue weighted by Crippen LogP contribution is 2.13. The van der Waals surface area contributed by atoms with Gasteiger partial charge in [-0.3, -0.25) is 0 Å². The molecule has 0 amide bonds. The molecule has 1 aromatic carbocycles. The zero-order chi connectivity index (χ0) is 14.0. The molecule has 0 fully saturated rings. The maximum Gasteiger partial charge on any atom is 0.235 e. The van der Waals surface area contributed by atoms with Gasteiger partial charge in [0.2, 0.25) is 12.2 Å². The van der Waals surface area contributed by atoms with Gasteiger partial charge >= 0.3 is 0 Å². The molecule has 0 aliphatic carbocycles. The second kappa shape index (κ2) is 9.06. The fourth-order valence-electron chi connectivity index (χ4n) is 1.30. The van der Waals surface area contributed by atoms with Crippen LogP contribution < -0.4 is 0 Å². The van der Waals surface area contributed by atoms with E-state index < -0.39 is 0 Å². The molecule has 0 radical (unpaired) electrons. The number of rotatable bonds is 3. The Kier molecular flexibility index (Phi) is 8.04. The normalized spacial score (nSPS) is 8.44. The van der Waals surface area contributed by atoms with Crippen LogP contribution >= 0.6 is 0 Å². The third-order valence-electron chi connectivity index (χ3n) is 2.56. The predicted octanol–water partition coefficient (Wildman–Crippen LogP) is 2.58. The second-order valence-corrected chi connectivity index (χ2v) is 3.97. The molecule has 0 spiro atoms. The monoisotopic (exact) mass is 246 g/mol. The molecular formula is C14H18N2O2. The Hall–Kier alpha value is -2.02. The summed E-state index contributed by atoms with van der Waals surface area (Å²) >= 11 is 0. The van der Waals surface area contributed by atoms with Gasteiger partial charge in [-0.2, -0.15) is 0 Å². The Morgan fingerprint density at radius 3 is 1.28 bits per heavy atom. The minimum Gasteiger partial charge on any atom is -0.211 e. The summed E-state index contributed by atoms with van der Waals surface area (Å²) in [6, 6.07) is 4.48. The molecule has 1 rings (SSSR count). The van der Waals surface area contributed by atoms with Crippen LogP contribution in [0.2, 0.25) is 0 Å². The highest BCUT2D eigenvalue weighted by Gasteiger charge is 1.95. The van der Waals surface area contributed by atoms with Crippen LogP contribution in [0.3, 0.4) is 0 Å². The summed E-state index contributed by atoms with van der Waals surface area (Å²) in [7, 11) is 0. The van der Waals surface area contributed by atoms with Crippen molar-refractivity contribution in [1.82, 2.24) is 0 Å². The third-order valence-corrected chi connectivity index (χ3v) is 2.56. The summed E-state index contributed by atoms with van der Waals surface area (Å²) < 4.78 is 0. The van der Waals surface area contributed by atoms with Crippen LogP contribution in [-0.4, -0.2) is 25.2 Å². The number of nitrogens with zero attached hydrogens (tertiary/aromatic N) is 2. The van der Waals surface area contributed by atoms with Crippen molar-refractivity contribution in [2.24, 2.45) is 9.98 Å². The molecular weight excluding hydrogens is 228 g/mol. The van der Waals surface area contributed by atoms with Crippen LogP contribution in [0, 0.1) is 27.7 Å². The van der Waals surface area contributed by atoms with E-state index in [1.165, 1.54) is 34.4 Å². The zero-order valence-corrected chi connectivity index (χ0v) is 11.3. The fraction of sp³-hybridized carbons (Fsp3) is 0.429. The van der Waals surface area contributed by atoms with E-state index in [1.54, 1.807) is 0 Å². The van der Waals surface area contributed by atoms with E-state index in [9.17, 15) is 9.59 Å². The molecule has 1 aromatic rings. The molecule has 0 heterocycles. The minimum atomic E-state index is 0.221. The number of hydrogen-bond acceptors (Lipinski definition) is 4. The van der Waals surface area contributed by atoms with Gasteiger partial charge < -0.3 is 0 Å². The van der Waals surface area contributed by atoms with E-state index in [0.29, 0.717) is 0 Å². The molecule has 0 aromatic heterocycles. The first-order valence-electron chi connectivity index (χ1n) is 5.64. The molecule has 96 valence electrons. The van der Waals surface area contributed by atoms with Crippen LogP contribution in [0.15, 0.2) is 22.1 Å². The van der Waals surface area contributed by atoms with Gasteiger partial charge in [0.25, 0.3) is 0 Å². The summed E-state index contributed by atoms with van der Waals surface area (Å²) in [4.78, 5) is 24.9. The Morgan fingerprint density at radius 2 is 1.06 bits per heavy atom. The lowest BCUT2D eigenvalue weighted by Crippen LogP contribution is -1.86. The largest absolute Gasteiger partial charge is 0.235 e. The molecule has 4 nitrogen and oxygen atoms in total. The Labute approximate surface area is 107 Å². The number of aryl methyl sites for hydroxylation is 4. The Morgan fingerprint density at radius 1 is 0.778 bits per heavy atom. The minimum absolute atomic E-state index is 0.221. The highest BCUT2D eigenvalue weighted by atomic mass is 16.1. The number of hydrogen-bond donors (Lipinski definition) is 0. The van der Waals surface area contributed by atoms with Gasteiger partial charge in [0, 0.05) is 0 Å². The van der Waals surface area contributed by atoms with Crippen LogP contribution in [0.25, 0.3) is 0 Å². The quantitative estimate of drug-likeness (QED) is 0.467. The number of aliphatic imine (C=N–C) groups is 2. The molecule has 0 bridgehead atoms. The second-order valence-electron chi connectivity index (χ2n) is 3.97. The van der Waals surface area contributed by atoms with Gasteiger partial charge in [0.05, 0.1) is 13.1 Å². The molecule has 0 N–H and O–H groups in total. The van der Waals surface area contributed by atoms with Crippen molar-refractivity contribution in [3.8, 4) is 0 Å². The van der Waals surface area contributed by atoms with Gasteiger partial charge in [-0.05, 0) is 49.9 Å². The van der Waals surface area contributed by atoms with E-state index in [0.717, 1.165) is 0 Å². The topological polar surface area (TPSA) is 58.9 Å². The molecule has 0 atom stereocenters. The van der Waals surface area contributed by atoms with Crippen LogP contribution in [0.5, 0.6) is 0 Å². The van der Waals surface area contributed by atoms with Gasteiger partial charge in [0.1, 0.15) is 0 Å². The molecule has 0 unspecified atom stereocenters. The first kappa shape index (κ1) is 16.0. The van der Waals surface area contributed by atoms with Gasteiger partial charge in [-0.1, -0.05) is 12.1 Å². The standard InChI is InChI=1S/C10H14.C4H4N2O2/c1-7-5-9(3)10(4)6-8(7)2;7-3-5-1-2-6-4-8/h5-6H,1-4H3;1-2H2. The summed E-state index contributed by atoms with van der Waals surface area (Å²) in [6.07, 6.45) is 2.62. The van der Waals surface area contributed by atoms with Crippen molar-refractivity contribution in [1.29, 1.82) is 0 Å². The van der Waals surface area contributed by atoms with Crippen LogP contribution in [0.4, 0.5) is 0 Å². The van der Waals surface area contributed by atoms with E-state index in [4.69, 9.17) is 0 Å². The summed E-state index contributed by atoms with van der Waals surface area (Å²) in [6.45, 7) is 9.06. The maximum absolute atomic E-state index is 9.34. The Bertz CT molecular complexity index is 415. The highest BCUT2D eigenvalue weighted by molar-refractivity contribution is 5.35. The summed E-state index contributed by atoms with van der Waals surface area (Å²) in [5.41, 5.74) is 5.57. The van der Waals surface area contributed by atoms with Crippen molar-refractivity contribution in [3.05, 3.63) is 34.4 Å². The first-order chi connectivity index (χ1) is 8.52. The van der Waals surface area contributed by atoms with E-state index in [-0.39, 0.29) is 13.1 Å². The lowest BCUT2D eigenvalue weighted by atomic mass is 10.0. The number of carbonyl (C=O) groups excluding carboxylic acids is 2. The molecule has 0 saturated carbocycles. The van der Waals surface area contributed by atoms with Crippen molar-refractivity contribution >= 4 is 12.2 Å². The van der Waals surface area contributed by atoms with Gasteiger partial charge in [-0.15, -0.1) is 0 Å². The lowest BCUT2D eigenvalue weighted by molar-refractivity contribution is 0.560.